The van der Waals surface area contributed by atoms with Gasteiger partial charge in [-0.1, -0.05) is 25.4 Å². The summed E-state index contributed by atoms with van der Waals surface area (Å²) in [5, 5.41) is 3.90. The molecule has 1 fully saturated rings. The molecule has 0 unspecified atom stereocenters. The number of ether oxygens (including phenoxy) is 1. The van der Waals surface area contributed by atoms with Crippen LogP contribution < -0.4 is 0 Å². The zero-order valence-electron chi connectivity index (χ0n) is 19.5. The first-order chi connectivity index (χ1) is 15.7. The van der Waals surface area contributed by atoms with Crippen LogP contribution in [0.3, 0.4) is 0 Å². The Morgan fingerprint density at radius 1 is 1.21 bits per heavy atom. The number of piperidine rings is 1. The molecular formula is C23H30N4O5S. The van der Waals surface area contributed by atoms with Crippen LogP contribution in [0.1, 0.15) is 73.6 Å². The first kappa shape index (κ1) is 23.4. The Hall–Kier alpha value is -2.72. The van der Waals surface area contributed by atoms with Crippen molar-refractivity contribution in [3.05, 3.63) is 41.0 Å². The monoisotopic (exact) mass is 474 g/mol. The predicted molar refractivity (Wildman–Crippen MR) is 122 cm³/mol. The van der Waals surface area contributed by atoms with Gasteiger partial charge in [0.1, 0.15) is 18.0 Å². The summed E-state index contributed by atoms with van der Waals surface area (Å²) < 4.78 is 40.4. The van der Waals surface area contributed by atoms with Crippen LogP contribution in [0.2, 0.25) is 0 Å². The highest BCUT2D eigenvalue weighted by molar-refractivity contribution is 7.89. The standard InChI is InChI=1S/C23H30N4O5S/c1-5-27-19-10-9-17(33(29,30)26-11-7-6-8-12-26)13-18(19)24-20(27)14-31-23(28)21-16(4)25-32-22(21)15(2)3/h9-10,13,15H,5-8,11-12,14H2,1-4H3. The summed E-state index contributed by atoms with van der Waals surface area (Å²) in [6.07, 6.45) is 2.82. The van der Waals surface area contributed by atoms with Crippen LogP contribution in [0.25, 0.3) is 11.0 Å². The molecule has 4 rings (SSSR count). The Kier molecular flexibility index (Phi) is 6.58. The van der Waals surface area contributed by atoms with E-state index in [1.807, 2.05) is 25.3 Å². The second-order valence-electron chi connectivity index (χ2n) is 8.63. The molecule has 1 aromatic carbocycles. The molecule has 2 aromatic heterocycles. The van der Waals surface area contributed by atoms with Gasteiger partial charge in [0.2, 0.25) is 10.0 Å². The lowest BCUT2D eigenvalue weighted by Gasteiger charge is -2.25. The number of hydrogen-bond acceptors (Lipinski definition) is 7. The summed E-state index contributed by atoms with van der Waals surface area (Å²) in [5.74, 6) is 0.525. The van der Waals surface area contributed by atoms with E-state index in [1.165, 1.54) is 0 Å². The Morgan fingerprint density at radius 2 is 1.94 bits per heavy atom. The molecule has 0 N–H and O–H groups in total. The lowest BCUT2D eigenvalue weighted by atomic mass is 10.1. The number of rotatable bonds is 7. The Bertz CT molecular complexity index is 1270. The molecule has 0 spiro atoms. The van der Waals surface area contributed by atoms with Crippen molar-refractivity contribution in [1.29, 1.82) is 0 Å². The van der Waals surface area contributed by atoms with E-state index in [2.05, 4.69) is 10.1 Å². The van der Waals surface area contributed by atoms with Gasteiger partial charge in [-0.25, -0.2) is 18.2 Å². The first-order valence-electron chi connectivity index (χ1n) is 11.4. The predicted octanol–water partition coefficient (Wildman–Crippen LogP) is 4.01. The molecule has 0 radical (unpaired) electrons. The molecule has 0 atom stereocenters. The summed E-state index contributed by atoms with van der Waals surface area (Å²) >= 11 is 0. The molecule has 9 nitrogen and oxygen atoms in total. The van der Waals surface area contributed by atoms with E-state index < -0.39 is 16.0 Å². The maximum atomic E-state index is 13.1. The van der Waals surface area contributed by atoms with Crippen LogP contribution in [0, 0.1) is 6.92 Å². The van der Waals surface area contributed by atoms with Gasteiger partial charge in [0.25, 0.3) is 0 Å². The van der Waals surface area contributed by atoms with Gasteiger partial charge in [-0.15, -0.1) is 0 Å². The molecule has 3 aromatic rings. The van der Waals surface area contributed by atoms with Crippen molar-refractivity contribution in [2.75, 3.05) is 13.1 Å². The highest BCUT2D eigenvalue weighted by Gasteiger charge is 2.27. The minimum absolute atomic E-state index is 0.00533. The third-order valence-corrected chi connectivity index (χ3v) is 7.91. The van der Waals surface area contributed by atoms with Gasteiger partial charge < -0.3 is 13.8 Å². The van der Waals surface area contributed by atoms with E-state index in [4.69, 9.17) is 9.26 Å². The average Bonchev–Trinajstić information content (AvgIpc) is 3.37. The number of esters is 1. The maximum absolute atomic E-state index is 13.1. The normalized spacial score (nSPS) is 15.4. The number of carbonyl (C=O) groups excluding carboxylic acids is 1. The van der Waals surface area contributed by atoms with Crippen molar-refractivity contribution < 1.29 is 22.5 Å². The van der Waals surface area contributed by atoms with Crippen LogP contribution in [0.4, 0.5) is 0 Å². The van der Waals surface area contributed by atoms with Crippen molar-refractivity contribution in [1.82, 2.24) is 19.0 Å². The summed E-state index contributed by atoms with van der Waals surface area (Å²) in [6, 6.07) is 5.01. The van der Waals surface area contributed by atoms with E-state index in [0.717, 1.165) is 24.8 Å². The van der Waals surface area contributed by atoms with E-state index in [0.29, 0.717) is 48.0 Å². The number of hydrogen-bond donors (Lipinski definition) is 0. The van der Waals surface area contributed by atoms with Crippen LogP contribution >= 0.6 is 0 Å². The SMILES string of the molecule is CCn1c(COC(=O)c2c(C)noc2C(C)C)nc2cc(S(=O)(=O)N3CCCCC3)ccc21. The molecule has 0 bridgehead atoms. The fraction of sp³-hybridized carbons (Fsp3) is 0.522. The Balaban J connectivity index is 1.60. The van der Waals surface area contributed by atoms with E-state index >= 15 is 0 Å². The highest BCUT2D eigenvalue weighted by atomic mass is 32.2. The van der Waals surface area contributed by atoms with Gasteiger partial charge in [0.05, 0.1) is 21.6 Å². The molecule has 0 amide bonds. The van der Waals surface area contributed by atoms with Gasteiger partial charge >= 0.3 is 5.97 Å². The number of sulfonamides is 1. The van der Waals surface area contributed by atoms with E-state index in [-0.39, 0.29) is 17.4 Å². The number of aromatic nitrogens is 3. The summed E-state index contributed by atoms with van der Waals surface area (Å²) in [4.78, 5) is 17.6. The molecule has 10 heteroatoms. The molecule has 1 aliphatic heterocycles. The third-order valence-electron chi connectivity index (χ3n) is 6.02. The molecule has 0 aliphatic carbocycles. The maximum Gasteiger partial charge on any atom is 0.344 e. The van der Waals surface area contributed by atoms with E-state index in [9.17, 15) is 13.2 Å². The van der Waals surface area contributed by atoms with Crippen LogP contribution in [0.5, 0.6) is 0 Å². The number of fused-ring (bicyclic) bond motifs is 1. The molecule has 1 aliphatic rings. The van der Waals surface area contributed by atoms with Crippen LogP contribution in [-0.4, -0.2) is 46.5 Å². The van der Waals surface area contributed by atoms with Crippen LogP contribution in [0.15, 0.2) is 27.6 Å². The summed E-state index contributed by atoms with van der Waals surface area (Å²) in [5.41, 5.74) is 2.19. The van der Waals surface area contributed by atoms with Crippen molar-refractivity contribution >= 4 is 27.0 Å². The lowest BCUT2D eigenvalue weighted by Crippen LogP contribution is -2.35. The first-order valence-corrected chi connectivity index (χ1v) is 12.8. The van der Waals surface area contributed by atoms with Crippen molar-refractivity contribution in [3.8, 4) is 0 Å². The lowest BCUT2D eigenvalue weighted by molar-refractivity contribution is 0.0454. The number of aryl methyl sites for hydroxylation is 2. The molecule has 3 heterocycles. The molecule has 33 heavy (non-hydrogen) atoms. The molecule has 0 saturated carbocycles. The van der Waals surface area contributed by atoms with Gasteiger partial charge in [0.15, 0.2) is 5.76 Å². The minimum atomic E-state index is -3.56. The Morgan fingerprint density at radius 3 is 2.61 bits per heavy atom. The van der Waals surface area contributed by atoms with E-state index in [1.54, 1.807) is 29.4 Å². The topological polar surface area (TPSA) is 108 Å². The van der Waals surface area contributed by atoms with Crippen molar-refractivity contribution in [2.45, 2.75) is 70.9 Å². The zero-order chi connectivity index (χ0) is 23.8. The quantitative estimate of drug-likeness (QED) is 0.476. The van der Waals surface area contributed by atoms with Gasteiger partial charge in [-0.05, 0) is 44.9 Å². The molecule has 178 valence electrons. The van der Waals surface area contributed by atoms with Crippen molar-refractivity contribution in [3.63, 3.8) is 0 Å². The van der Waals surface area contributed by atoms with Gasteiger partial charge in [0, 0.05) is 25.6 Å². The molecule has 1 saturated heterocycles. The van der Waals surface area contributed by atoms with Gasteiger partial charge in [-0.3, -0.25) is 0 Å². The Labute approximate surface area is 193 Å². The fourth-order valence-corrected chi connectivity index (χ4v) is 5.81. The van der Waals surface area contributed by atoms with Crippen LogP contribution in [-0.2, 0) is 27.9 Å². The van der Waals surface area contributed by atoms with Crippen molar-refractivity contribution in [2.24, 2.45) is 0 Å². The summed E-state index contributed by atoms with van der Waals surface area (Å²) in [6.45, 7) is 9.16. The smallest absolute Gasteiger partial charge is 0.344 e. The molecular weight excluding hydrogens is 444 g/mol. The van der Waals surface area contributed by atoms with Gasteiger partial charge in [-0.2, -0.15) is 4.31 Å². The second kappa shape index (κ2) is 9.26. The third kappa shape index (κ3) is 4.41. The average molecular weight is 475 g/mol. The number of carbonyl (C=O) groups is 1. The number of imidazole rings is 1. The zero-order valence-corrected chi connectivity index (χ0v) is 20.3. The fourth-order valence-electron chi connectivity index (χ4n) is 4.27. The highest BCUT2D eigenvalue weighted by Crippen LogP contribution is 2.26. The second-order valence-corrected chi connectivity index (χ2v) is 10.6. The summed E-state index contributed by atoms with van der Waals surface area (Å²) in [7, 11) is -3.56. The largest absolute Gasteiger partial charge is 0.454 e. The number of benzene rings is 1. The number of nitrogens with zero attached hydrogens (tertiary/aromatic N) is 4. The minimum Gasteiger partial charge on any atom is -0.454 e.